The third kappa shape index (κ3) is 3.13. The topological polar surface area (TPSA) is 43.8 Å². The molecule has 0 saturated heterocycles. The minimum absolute atomic E-state index is 0.159. The zero-order chi connectivity index (χ0) is 13.1. The summed E-state index contributed by atoms with van der Waals surface area (Å²) in [6, 6.07) is 6.09. The number of nitrogens with zero attached hydrogens (tertiary/aromatic N) is 2. The third-order valence-corrected chi connectivity index (χ3v) is 3.62. The lowest BCUT2D eigenvalue weighted by Gasteiger charge is -2.11. The van der Waals surface area contributed by atoms with Crippen LogP contribution in [0.5, 0.6) is 0 Å². The molecule has 5 heteroatoms. The monoisotopic (exact) mass is 327 g/mol. The zero-order valence-electron chi connectivity index (χ0n) is 10.1. The van der Waals surface area contributed by atoms with Crippen LogP contribution in [0.2, 0.25) is 5.02 Å². The Morgan fingerprint density at radius 3 is 2.83 bits per heavy atom. The molecule has 0 bridgehead atoms. The fourth-order valence-electron chi connectivity index (χ4n) is 1.71. The molecule has 1 aromatic carbocycles. The van der Waals surface area contributed by atoms with E-state index in [0.717, 1.165) is 33.6 Å². The number of nitrogens with two attached hydrogens (primary N) is 1. The van der Waals surface area contributed by atoms with Gasteiger partial charge in [0.05, 0.1) is 16.4 Å². The number of hydrogen-bond donors (Lipinski definition) is 1. The van der Waals surface area contributed by atoms with Gasteiger partial charge in [-0.2, -0.15) is 5.10 Å². The van der Waals surface area contributed by atoms with Crippen molar-refractivity contribution in [2.75, 3.05) is 0 Å². The van der Waals surface area contributed by atoms with Crippen molar-refractivity contribution in [3.63, 3.8) is 0 Å². The maximum absolute atomic E-state index is 6.28. The first-order valence-corrected chi connectivity index (χ1v) is 7.01. The van der Waals surface area contributed by atoms with Gasteiger partial charge in [-0.3, -0.25) is 0 Å². The van der Waals surface area contributed by atoms with Crippen molar-refractivity contribution in [1.29, 1.82) is 0 Å². The highest BCUT2D eigenvalue weighted by molar-refractivity contribution is 9.10. The number of rotatable bonds is 4. The van der Waals surface area contributed by atoms with Gasteiger partial charge in [0.2, 0.25) is 0 Å². The van der Waals surface area contributed by atoms with E-state index < -0.39 is 0 Å². The Kier molecular flexibility index (Phi) is 4.43. The molecule has 0 aliphatic rings. The molecule has 1 atom stereocenters. The Labute approximate surface area is 120 Å². The quantitative estimate of drug-likeness (QED) is 0.932. The van der Waals surface area contributed by atoms with E-state index in [1.54, 1.807) is 10.9 Å². The molecule has 0 spiro atoms. The smallest absolute Gasteiger partial charge is 0.0661 e. The first-order chi connectivity index (χ1) is 8.60. The molecule has 0 radical (unpaired) electrons. The second kappa shape index (κ2) is 5.87. The first-order valence-electron chi connectivity index (χ1n) is 5.84. The van der Waals surface area contributed by atoms with E-state index in [9.17, 15) is 0 Å². The van der Waals surface area contributed by atoms with Crippen LogP contribution in [0, 0.1) is 0 Å². The summed E-state index contributed by atoms with van der Waals surface area (Å²) in [7, 11) is 0. The summed E-state index contributed by atoms with van der Waals surface area (Å²) in [6.07, 6.45) is 5.39. The molecule has 96 valence electrons. The van der Waals surface area contributed by atoms with E-state index in [1.165, 1.54) is 0 Å². The van der Waals surface area contributed by atoms with Crippen LogP contribution in [0.1, 0.15) is 18.9 Å². The molecule has 1 aromatic heterocycles. The molecule has 0 saturated carbocycles. The SMILES string of the molecule is CCC(N)Cc1ccc(-n2cc(Br)cn2)cc1Cl. The van der Waals surface area contributed by atoms with Crippen LogP contribution in [0.25, 0.3) is 5.69 Å². The Morgan fingerprint density at radius 2 is 2.28 bits per heavy atom. The molecule has 0 fully saturated rings. The van der Waals surface area contributed by atoms with Gasteiger partial charge < -0.3 is 5.73 Å². The van der Waals surface area contributed by atoms with Gasteiger partial charge in [-0.25, -0.2) is 4.68 Å². The fraction of sp³-hybridized carbons (Fsp3) is 0.308. The fourth-order valence-corrected chi connectivity index (χ4v) is 2.25. The molecule has 2 rings (SSSR count). The van der Waals surface area contributed by atoms with Crippen molar-refractivity contribution >= 4 is 27.5 Å². The summed E-state index contributed by atoms with van der Waals surface area (Å²) >= 11 is 9.65. The lowest BCUT2D eigenvalue weighted by atomic mass is 10.0. The predicted molar refractivity (Wildman–Crippen MR) is 78.2 cm³/mol. The van der Waals surface area contributed by atoms with Crippen LogP contribution in [-0.4, -0.2) is 15.8 Å². The Balaban J connectivity index is 2.24. The molecular formula is C13H15BrClN3. The van der Waals surface area contributed by atoms with E-state index in [0.29, 0.717) is 0 Å². The van der Waals surface area contributed by atoms with Crippen LogP contribution in [0.3, 0.4) is 0 Å². The lowest BCUT2D eigenvalue weighted by Crippen LogP contribution is -2.21. The summed E-state index contributed by atoms with van der Waals surface area (Å²) in [4.78, 5) is 0. The average Bonchev–Trinajstić information content (AvgIpc) is 2.78. The summed E-state index contributed by atoms with van der Waals surface area (Å²) in [5.41, 5.74) is 7.97. The summed E-state index contributed by atoms with van der Waals surface area (Å²) < 4.78 is 2.72. The highest BCUT2D eigenvalue weighted by Crippen LogP contribution is 2.22. The molecule has 0 aliphatic carbocycles. The maximum Gasteiger partial charge on any atom is 0.0661 e. The van der Waals surface area contributed by atoms with Crippen LogP contribution in [0.15, 0.2) is 35.1 Å². The van der Waals surface area contributed by atoms with Gasteiger partial charge in [0.15, 0.2) is 0 Å². The van der Waals surface area contributed by atoms with Gasteiger partial charge in [0.25, 0.3) is 0 Å². The van der Waals surface area contributed by atoms with Crippen molar-refractivity contribution in [2.45, 2.75) is 25.8 Å². The van der Waals surface area contributed by atoms with Gasteiger partial charge in [0.1, 0.15) is 0 Å². The molecule has 18 heavy (non-hydrogen) atoms. The summed E-state index contributed by atoms with van der Waals surface area (Å²) in [5.74, 6) is 0. The number of halogens is 2. The Bertz CT molecular complexity index is 539. The summed E-state index contributed by atoms with van der Waals surface area (Å²) in [5, 5.41) is 4.96. The molecule has 1 heterocycles. The number of benzene rings is 1. The highest BCUT2D eigenvalue weighted by atomic mass is 79.9. The number of hydrogen-bond acceptors (Lipinski definition) is 2. The average molecular weight is 329 g/mol. The van der Waals surface area contributed by atoms with E-state index >= 15 is 0 Å². The standard InChI is InChI=1S/C13H15BrClN3/c1-2-11(16)5-9-3-4-12(6-13(9)15)18-8-10(14)7-17-18/h3-4,6-8,11H,2,5,16H2,1H3. The van der Waals surface area contributed by atoms with Crippen molar-refractivity contribution in [1.82, 2.24) is 9.78 Å². The van der Waals surface area contributed by atoms with Gasteiger partial charge in [-0.05, 0) is 46.5 Å². The molecule has 0 aliphatic heterocycles. The van der Waals surface area contributed by atoms with Gasteiger partial charge in [-0.15, -0.1) is 0 Å². The van der Waals surface area contributed by atoms with Crippen molar-refractivity contribution < 1.29 is 0 Å². The second-order valence-electron chi connectivity index (χ2n) is 4.25. The number of aromatic nitrogens is 2. The van der Waals surface area contributed by atoms with E-state index in [4.69, 9.17) is 17.3 Å². The van der Waals surface area contributed by atoms with Crippen LogP contribution < -0.4 is 5.73 Å². The molecule has 0 amide bonds. The van der Waals surface area contributed by atoms with Crippen LogP contribution in [0.4, 0.5) is 0 Å². The van der Waals surface area contributed by atoms with Crippen molar-refractivity contribution in [2.24, 2.45) is 5.73 Å². The largest absolute Gasteiger partial charge is 0.327 e. The minimum atomic E-state index is 0.159. The molecule has 2 aromatic rings. The predicted octanol–water partition coefficient (Wildman–Crippen LogP) is 3.57. The van der Waals surface area contributed by atoms with Gasteiger partial charge >= 0.3 is 0 Å². The molecular weight excluding hydrogens is 314 g/mol. The van der Waals surface area contributed by atoms with E-state index in [1.807, 2.05) is 24.4 Å². The highest BCUT2D eigenvalue weighted by Gasteiger charge is 2.07. The van der Waals surface area contributed by atoms with Crippen LogP contribution >= 0.6 is 27.5 Å². The molecule has 1 unspecified atom stereocenters. The van der Waals surface area contributed by atoms with Gasteiger partial charge in [-0.1, -0.05) is 24.6 Å². The van der Waals surface area contributed by atoms with E-state index in [-0.39, 0.29) is 6.04 Å². The van der Waals surface area contributed by atoms with Crippen molar-refractivity contribution in [3.8, 4) is 5.69 Å². The van der Waals surface area contributed by atoms with Crippen LogP contribution in [-0.2, 0) is 6.42 Å². The minimum Gasteiger partial charge on any atom is -0.327 e. The second-order valence-corrected chi connectivity index (χ2v) is 5.57. The van der Waals surface area contributed by atoms with E-state index in [2.05, 4.69) is 28.0 Å². The van der Waals surface area contributed by atoms with Gasteiger partial charge in [0, 0.05) is 17.3 Å². The zero-order valence-corrected chi connectivity index (χ0v) is 12.4. The normalized spacial score (nSPS) is 12.7. The maximum atomic E-state index is 6.28. The molecule has 3 nitrogen and oxygen atoms in total. The molecule has 2 N–H and O–H groups in total. The third-order valence-electron chi connectivity index (χ3n) is 2.86. The Hall–Kier alpha value is -0.840. The lowest BCUT2D eigenvalue weighted by molar-refractivity contribution is 0.646. The summed E-state index contributed by atoms with van der Waals surface area (Å²) in [6.45, 7) is 2.08. The Morgan fingerprint density at radius 1 is 1.50 bits per heavy atom. The first kappa shape index (κ1) is 13.6. The van der Waals surface area contributed by atoms with Crippen molar-refractivity contribution in [3.05, 3.63) is 45.7 Å².